The Kier molecular flexibility index (Phi) is 18.2. The van der Waals surface area contributed by atoms with Gasteiger partial charge in [-0.1, -0.05) is 12.1 Å². The van der Waals surface area contributed by atoms with Crippen molar-refractivity contribution in [3.05, 3.63) is 92.8 Å². The average molecular weight is 817 g/mol. The number of nitrogens with one attached hydrogen (secondary N) is 3. The molecule has 308 valence electrons. The molecular weight excluding hydrogens is 759 g/mol. The molecule has 1 amide bonds. The number of alkyl halides is 2. The van der Waals surface area contributed by atoms with Crippen molar-refractivity contribution in [2.24, 2.45) is 20.0 Å². The maximum atomic E-state index is 13.2. The van der Waals surface area contributed by atoms with Crippen LogP contribution >= 0.6 is 27.0 Å². The number of ether oxygens (including phenoxy) is 2. The van der Waals surface area contributed by atoms with Gasteiger partial charge in [0, 0.05) is 82.7 Å². The van der Waals surface area contributed by atoms with Crippen molar-refractivity contribution in [2.45, 2.75) is 72.5 Å². The number of carbonyl (C=O) groups excluding carboxylic acids is 1. The molecule has 1 saturated carbocycles. The van der Waals surface area contributed by atoms with E-state index in [1.807, 2.05) is 83.3 Å². The molecule has 1 fully saturated rings. The third-order valence-electron chi connectivity index (χ3n) is 9.25. The minimum atomic E-state index is -2.75. The summed E-state index contributed by atoms with van der Waals surface area (Å²) in [7, 11) is 3.46. The molecular formula is C41H58F2N6O5S2. The maximum Gasteiger partial charge on any atom is 0.253 e. The number of pyridine rings is 2. The number of aromatic nitrogens is 2. The van der Waals surface area contributed by atoms with Crippen molar-refractivity contribution < 1.29 is 23.0 Å². The number of carbonyl (C=O) groups is 1. The Labute approximate surface area is 342 Å². The largest absolute Gasteiger partial charge is 0.397 e. The lowest BCUT2D eigenvalue weighted by Gasteiger charge is -2.33. The predicted molar refractivity (Wildman–Crippen MR) is 234 cm³/mol. The van der Waals surface area contributed by atoms with E-state index in [-0.39, 0.29) is 50.3 Å². The normalized spacial score (nSPS) is 14.1. The van der Waals surface area contributed by atoms with Crippen molar-refractivity contribution in [2.75, 3.05) is 48.0 Å². The van der Waals surface area contributed by atoms with Crippen LogP contribution in [-0.2, 0) is 28.4 Å². The Balaban J connectivity index is 0.000000389. The Morgan fingerprint density at radius 3 is 1.66 bits per heavy atom. The third-order valence-corrected chi connectivity index (χ3v) is 9.25. The Morgan fingerprint density at radius 1 is 0.768 bits per heavy atom. The Morgan fingerprint density at radius 2 is 1.21 bits per heavy atom. The Hall–Kier alpha value is -4.31. The van der Waals surface area contributed by atoms with E-state index in [0.29, 0.717) is 48.9 Å². The SMILES string of the molecule is CCO[C@@H](C)CNc1cc(-c2cc(C)c(=O)n(C)c2)ccc1N.CCO[C@@H](C)CNc1cc(-c2cc(C)c(=O)n(C)c2)ccc1NC(=O)C1CC(F)(F)C1.S.S. The van der Waals surface area contributed by atoms with Crippen LogP contribution in [0.4, 0.5) is 31.5 Å². The fraction of sp³-hybridized carbons (Fsp3) is 0.439. The van der Waals surface area contributed by atoms with Gasteiger partial charge in [-0.15, -0.1) is 0 Å². The van der Waals surface area contributed by atoms with Gasteiger partial charge >= 0.3 is 0 Å². The molecule has 0 unspecified atom stereocenters. The standard InChI is InChI=1S/C23H29F2N3O3.C18H25N3O2.2H2S/c1-5-31-15(3)12-26-20-9-16(17-8-14(2)22(30)28(4)13-17)6-7-19(20)27-21(29)18-10-23(24,25)11-18;1-5-23-13(3)10-20-17-9-14(6-7-16(17)19)15-8-12(2)18(22)21(4)11-15;;/h6-9,13,15,18,26H,5,10-12H2,1-4H3,(H,27,29);6-9,11,13,20H,5,10,19H2,1-4H3;2*1H2/t15-;13-;;/m00../s1. The highest BCUT2D eigenvalue weighted by Crippen LogP contribution is 2.43. The molecule has 2 aromatic carbocycles. The number of nitrogens with two attached hydrogens (primary N) is 1. The molecule has 56 heavy (non-hydrogen) atoms. The monoisotopic (exact) mass is 816 g/mol. The molecule has 4 aromatic rings. The summed E-state index contributed by atoms with van der Waals surface area (Å²) in [5.74, 6) is -3.84. The lowest BCUT2D eigenvalue weighted by atomic mass is 9.80. The second-order valence-electron chi connectivity index (χ2n) is 14.0. The molecule has 5 N–H and O–H groups in total. The average Bonchev–Trinajstić information content (AvgIpc) is 3.11. The molecule has 0 spiro atoms. The molecule has 11 nitrogen and oxygen atoms in total. The summed E-state index contributed by atoms with van der Waals surface area (Å²) in [6, 6.07) is 15.0. The number of hydrogen-bond donors (Lipinski definition) is 4. The number of anilines is 4. The molecule has 0 radical (unpaired) electrons. The molecule has 2 heterocycles. The van der Waals surface area contributed by atoms with Crippen molar-refractivity contribution in [1.82, 2.24) is 9.13 Å². The molecule has 0 bridgehead atoms. The fourth-order valence-corrected chi connectivity index (χ4v) is 6.21. The quantitative estimate of drug-likeness (QED) is 0.0982. The first-order chi connectivity index (χ1) is 25.5. The molecule has 1 aliphatic carbocycles. The molecule has 5 rings (SSSR count). The molecule has 0 saturated heterocycles. The summed E-state index contributed by atoms with van der Waals surface area (Å²) in [5.41, 5.74) is 13.8. The van der Waals surface area contributed by atoms with E-state index in [9.17, 15) is 23.2 Å². The van der Waals surface area contributed by atoms with E-state index in [4.69, 9.17) is 15.2 Å². The minimum absolute atomic E-state index is 0. The smallest absolute Gasteiger partial charge is 0.253 e. The second kappa shape index (κ2) is 21.3. The lowest BCUT2D eigenvalue weighted by molar-refractivity contribution is -0.145. The van der Waals surface area contributed by atoms with Gasteiger partial charge in [0.15, 0.2) is 0 Å². The number of benzene rings is 2. The topological polar surface area (TPSA) is 142 Å². The summed E-state index contributed by atoms with van der Waals surface area (Å²) in [6.45, 7) is 13.9. The highest BCUT2D eigenvalue weighted by Gasteiger charge is 2.48. The number of amides is 1. The number of aryl methyl sites for hydroxylation is 4. The van der Waals surface area contributed by atoms with E-state index in [0.717, 1.165) is 33.5 Å². The van der Waals surface area contributed by atoms with Crippen molar-refractivity contribution in [3.8, 4) is 22.3 Å². The van der Waals surface area contributed by atoms with E-state index in [1.165, 1.54) is 4.57 Å². The number of halogens is 2. The fourth-order valence-electron chi connectivity index (χ4n) is 6.21. The first-order valence-electron chi connectivity index (χ1n) is 18.3. The molecule has 0 aliphatic heterocycles. The highest BCUT2D eigenvalue weighted by molar-refractivity contribution is 7.59. The van der Waals surface area contributed by atoms with Crippen LogP contribution in [0.25, 0.3) is 22.3 Å². The van der Waals surface area contributed by atoms with Crippen LogP contribution in [0.3, 0.4) is 0 Å². The summed E-state index contributed by atoms with van der Waals surface area (Å²) in [6.07, 6.45) is 2.82. The first kappa shape index (κ1) is 47.8. The second-order valence-corrected chi connectivity index (χ2v) is 14.0. The van der Waals surface area contributed by atoms with Crippen molar-refractivity contribution in [1.29, 1.82) is 0 Å². The van der Waals surface area contributed by atoms with Crippen molar-refractivity contribution >= 4 is 55.6 Å². The highest BCUT2D eigenvalue weighted by atomic mass is 32.1. The van der Waals surface area contributed by atoms with Crippen molar-refractivity contribution in [3.63, 3.8) is 0 Å². The summed E-state index contributed by atoms with van der Waals surface area (Å²) < 4.78 is 40.5. The van der Waals surface area contributed by atoms with Crippen LogP contribution in [0, 0.1) is 19.8 Å². The Bertz CT molecular complexity index is 2000. The predicted octanol–water partition coefficient (Wildman–Crippen LogP) is 7.19. The number of hydrogen-bond acceptors (Lipinski definition) is 8. The number of nitrogen functional groups attached to an aromatic ring is 1. The zero-order chi connectivity index (χ0) is 39.7. The van der Waals surface area contributed by atoms with Gasteiger partial charge in [-0.05, 0) is 100 Å². The van der Waals surface area contributed by atoms with Gasteiger partial charge in [0.25, 0.3) is 11.1 Å². The third kappa shape index (κ3) is 12.9. The first-order valence-corrected chi connectivity index (χ1v) is 18.3. The summed E-state index contributed by atoms with van der Waals surface area (Å²) in [5, 5.41) is 9.40. The van der Waals surface area contributed by atoms with E-state index < -0.39 is 30.6 Å². The maximum absolute atomic E-state index is 13.2. The van der Waals surface area contributed by atoms with Gasteiger partial charge in [0.1, 0.15) is 0 Å². The number of nitrogens with zero attached hydrogens (tertiary/aromatic N) is 2. The van der Waals surface area contributed by atoms with Crippen LogP contribution in [-0.4, -0.2) is 59.5 Å². The van der Waals surface area contributed by atoms with Crippen LogP contribution in [0.1, 0.15) is 51.7 Å². The van der Waals surface area contributed by atoms with Crippen LogP contribution < -0.4 is 32.8 Å². The number of rotatable bonds is 14. The van der Waals surface area contributed by atoms with E-state index >= 15 is 0 Å². The van der Waals surface area contributed by atoms with Gasteiger partial charge in [-0.3, -0.25) is 14.4 Å². The van der Waals surface area contributed by atoms with Gasteiger partial charge < -0.3 is 40.3 Å². The van der Waals surface area contributed by atoms with Gasteiger partial charge in [0.2, 0.25) is 11.8 Å². The van der Waals surface area contributed by atoms with Crippen LogP contribution in [0.15, 0.2) is 70.5 Å². The molecule has 1 aliphatic rings. The zero-order valence-electron chi connectivity index (χ0n) is 33.5. The van der Waals surface area contributed by atoms with E-state index in [2.05, 4.69) is 16.0 Å². The van der Waals surface area contributed by atoms with Crippen LogP contribution in [0.5, 0.6) is 0 Å². The van der Waals surface area contributed by atoms with Gasteiger partial charge in [0.05, 0.1) is 35.0 Å². The molecule has 2 aromatic heterocycles. The lowest BCUT2D eigenvalue weighted by Crippen LogP contribution is -2.42. The van der Waals surface area contributed by atoms with Gasteiger partial charge in [-0.25, -0.2) is 8.78 Å². The zero-order valence-corrected chi connectivity index (χ0v) is 35.5. The minimum Gasteiger partial charge on any atom is -0.397 e. The van der Waals surface area contributed by atoms with Gasteiger partial charge in [-0.2, -0.15) is 27.0 Å². The molecule has 2 atom stereocenters. The molecule has 15 heteroatoms. The van der Waals surface area contributed by atoms with Crippen LogP contribution in [0.2, 0.25) is 0 Å². The summed E-state index contributed by atoms with van der Waals surface area (Å²) >= 11 is 0. The summed E-state index contributed by atoms with van der Waals surface area (Å²) in [4.78, 5) is 36.3. The van der Waals surface area contributed by atoms with E-state index in [1.54, 1.807) is 37.8 Å².